The van der Waals surface area contributed by atoms with E-state index in [1.165, 1.54) is 30.3 Å². The van der Waals surface area contributed by atoms with Crippen LogP contribution < -0.4 is 4.74 Å². The Morgan fingerprint density at radius 2 is 1.72 bits per heavy atom. The largest absolute Gasteiger partial charge is 0.491 e. The molecule has 1 aliphatic heterocycles. The molecule has 0 spiro atoms. The minimum absolute atomic E-state index is 0.00294. The third kappa shape index (κ3) is 4.79. The molecule has 1 fully saturated rings. The molecule has 9 heteroatoms. The predicted molar refractivity (Wildman–Crippen MR) is 109 cm³/mol. The zero-order valence-corrected chi connectivity index (χ0v) is 17.9. The fourth-order valence-corrected chi connectivity index (χ4v) is 6.73. The Morgan fingerprint density at radius 3 is 2.34 bits per heavy atom. The van der Waals surface area contributed by atoms with Crippen LogP contribution in [-0.2, 0) is 19.9 Å². The van der Waals surface area contributed by atoms with Crippen LogP contribution in [0.1, 0.15) is 31.1 Å². The van der Waals surface area contributed by atoms with Crippen molar-refractivity contribution in [3.63, 3.8) is 0 Å². The molecule has 0 radical (unpaired) electrons. The van der Waals surface area contributed by atoms with Gasteiger partial charge in [-0.25, -0.2) is 21.2 Å². The van der Waals surface area contributed by atoms with E-state index in [0.29, 0.717) is 5.75 Å². The van der Waals surface area contributed by atoms with Gasteiger partial charge in [0.2, 0.25) is 10.0 Å². The molecule has 158 valence electrons. The Balaban J connectivity index is 1.84. The molecule has 2 aromatic carbocycles. The average Bonchev–Trinajstić information content (AvgIpc) is 2.81. The van der Waals surface area contributed by atoms with Crippen LogP contribution >= 0.6 is 0 Å². The smallest absolute Gasteiger partial charge is 0.243 e. The van der Waals surface area contributed by atoms with E-state index in [1.807, 2.05) is 13.8 Å². The molecule has 0 bridgehead atoms. The molecule has 0 aliphatic carbocycles. The number of halogens is 1. The van der Waals surface area contributed by atoms with Crippen LogP contribution in [-0.4, -0.2) is 46.1 Å². The molecule has 0 aromatic heterocycles. The maximum absolute atomic E-state index is 14.2. The standard InChI is InChI=1S/C20H24FNO5S2/c1-15(2)27-16-7-9-17(10-8-16)29(25,26)22-12-11-20(28(23,24)14-13-22)18-5-3-4-6-19(18)21/h3-10,15,20H,11-14H2,1-2H3. The molecular weight excluding hydrogens is 417 g/mol. The predicted octanol–water partition coefficient (Wildman–Crippen LogP) is 3.16. The topological polar surface area (TPSA) is 80.8 Å². The fraction of sp³-hybridized carbons (Fsp3) is 0.400. The van der Waals surface area contributed by atoms with E-state index in [9.17, 15) is 21.2 Å². The highest BCUT2D eigenvalue weighted by Gasteiger charge is 2.36. The number of hydrogen-bond donors (Lipinski definition) is 0. The first-order valence-corrected chi connectivity index (χ1v) is 12.5. The van der Waals surface area contributed by atoms with Crippen LogP contribution in [0.4, 0.5) is 4.39 Å². The van der Waals surface area contributed by atoms with Crippen molar-refractivity contribution in [2.45, 2.75) is 36.5 Å². The molecule has 29 heavy (non-hydrogen) atoms. The van der Waals surface area contributed by atoms with Gasteiger partial charge in [-0.05, 0) is 50.6 Å². The molecule has 2 aromatic rings. The van der Waals surface area contributed by atoms with Gasteiger partial charge in [0.25, 0.3) is 0 Å². The van der Waals surface area contributed by atoms with Gasteiger partial charge in [-0.1, -0.05) is 18.2 Å². The van der Waals surface area contributed by atoms with Crippen LogP contribution in [0.3, 0.4) is 0 Å². The Morgan fingerprint density at radius 1 is 1.07 bits per heavy atom. The van der Waals surface area contributed by atoms with Gasteiger partial charge < -0.3 is 4.74 Å². The Kier molecular flexibility index (Phi) is 6.30. The lowest BCUT2D eigenvalue weighted by molar-refractivity contribution is 0.242. The van der Waals surface area contributed by atoms with Crippen LogP contribution in [0.25, 0.3) is 0 Å². The first kappa shape index (κ1) is 21.7. The second kappa shape index (κ2) is 8.41. The summed E-state index contributed by atoms with van der Waals surface area (Å²) in [6, 6.07) is 11.8. The van der Waals surface area contributed by atoms with Gasteiger partial charge in [-0.2, -0.15) is 4.31 Å². The van der Waals surface area contributed by atoms with Crippen molar-refractivity contribution in [1.82, 2.24) is 4.31 Å². The van der Waals surface area contributed by atoms with Gasteiger partial charge in [-0.3, -0.25) is 0 Å². The lowest BCUT2D eigenvalue weighted by Crippen LogP contribution is -2.33. The van der Waals surface area contributed by atoms with Gasteiger partial charge in [0, 0.05) is 18.7 Å². The van der Waals surface area contributed by atoms with Gasteiger partial charge >= 0.3 is 0 Å². The number of nitrogens with zero attached hydrogens (tertiary/aromatic N) is 1. The summed E-state index contributed by atoms with van der Waals surface area (Å²) in [7, 11) is -7.57. The van der Waals surface area contributed by atoms with E-state index in [-0.39, 0.29) is 41.8 Å². The Hall–Kier alpha value is -1.97. The molecule has 1 aliphatic rings. The number of benzene rings is 2. The third-order valence-electron chi connectivity index (χ3n) is 4.78. The third-order valence-corrected chi connectivity index (χ3v) is 8.81. The number of rotatable bonds is 5. The quantitative estimate of drug-likeness (QED) is 0.712. The molecule has 6 nitrogen and oxygen atoms in total. The van der Waals surface area contributed by atoms with Crippen molar-refractivity contribution >= 4 is 19.9 Å². The van der Waals surface area contributed by atoms with Crippen molar-refractivity contribution in [1.29, 1.82) is 0 Å². The van der Waals surface area contributed by atoms with Crippen molar-refractivity contribution in [2.75, 3.05) is 18.8 Å². The van der Waals surface area contributed by atoms with E-state index >= 15 is 0 Å². The molecule has 3 rings (SSSR count). The highest BCUT2D eigenvalue weighted by Crippen LogP contribution is 2.32. The molecule has 1 saturated heterocycles. The molecule has 0 saturated carbocycles. The second-order valence-electron chi connectivity index (χ2n) is 7.21. The first-order valence-electron chi connectivity index (χ1n) is 9.34. The van der Waals surface area contributed by atoms with E-state index in [1.54, 1.807) is 18.2 Å². The highest BCUT2D eigenvalue weighted by atomic mass is 32.2. The summed E-state index contributed by atoms with van der Waals surface area (Å²) in [5.41, 5.74) is 0.0851. The van der Waals surface area contributed by atoms with E-state index in [0.717, 1.165) is 4.31 Å². The van der Waals surface area contributed by atoms with Crippen molar-refractivity contribution in [2.24, 2.45) is 0 Å². The molecule has 0 amide bonds. The lowest BCUT2D eigenvalue weighted by atomic mass is 10.1. The Bertz CT molecular complexity index is 1070. The number of hydrogen-bond acceptors (Lipinski definition) is 5. The maximum atomic E-state index is 14.2. The summed E-state index contributed by atoms with van der Waals surface area (Å²) in [6.07, 6.45) is -0.0413. The summed E-state index contributed by atoms with van der Waals surface area (Å²) in [4.78, 5) is 0.0651. The summed E-state index contributed by atoms with van der Waals surface area (Å²) in [6.45, 7) is 3.56. The van der Waals surface area contributed by atoms with Gasteiger partial charge in [0.15, 0.2) is 9.84 Å². The second-order valence-corrected chi connectivity index (χ2v) is 11.4. The fourth-order valence-electron chi connectivity index (χ4n) is 3.36. The minimum atomic E-state index is -3.88. The van der Waals surface area contributed by atoms with Gasteiger partial charge in [0.1, 0.15) is 11.6 Å². The van der Waals surface area contributed by atoms with E-state index in [2.05, 4.69) is 0 Å². The summed E-state index contributed by atoms with van der Waals surface area (Å²) in [5.74, 6) is -0.408. The van der Waals surface area contributed by atoms with Gasteiger partial charge in [0.05, 0.1) is 22.0 Å². The van der Waals surface area contributed by atoms with E-state index < -0.39 is 30.9 Å². The van der Waals surface area contributed by atoms with Crippen LogP contribution in [0.15, 0.2) is 53.4 Å². The summed E-state index contributed by atoms with van der Waals surface area (Å²) < 4.78 is 72.3. The molecule has 1 unspecified atom stereocenters. The summed E-state index contributed by atoms with van der Waals surface area (Å²) >= 11 is 0. The van der Waals surface area contributed by atoms with Crippen molar-refractivity contribution < 1.29 is 26.0 Å². The molecule has 0 N–H and O–H groups in total. The summed E-state index contributed by atoms with van der Waals surface area (Å²) in [5, 5.41) is -1.06. The average molecular weight is 442 g/mol. The van der Waals surface area contributed by atoms with Gasteiger partial charge in [-0.15, -0.1) is 0 Å². The van der Waals surface area contributed by atoms with E-state index in [4.69, 9.17) is 4.74 Å². The zero-order chi connectivity index (χ0) is 21.2. The number of sulfonamides is 1. The SMILES string of the molecule is CC(C)Oc1ccc(S(=O)(=O)N2CCC(c3ccccc3F)S(=O)(=O)CC2)cc1. The molecule has 1 atom stereocenters. The highest BCUT2D eigenvalue weighted by molar-refractivity contribution is 7.92. The lowest BCUT2D eigenvalue weighted by Gasteiger charge is -2.20. The molecule has 1 heterocycles. The van der Waals surface area contributed by atoms with Crippen LogP contribution in [0, 0.1) is 5.82 Å². The van der Waals surface area contributed by atoms with Crippen molar-refractivity contribution in [3.05, 3.63) is 59.9 Å². The minimum Gasteiger partial charge on any atom is -0.491 e. The maximum Gasteiger partial charge on any atom is 0.243 e. The monoisotopic (exact) mass is 441 g/mol. The molecular formula is C20H24FNO5S2. The Labute approximate surface area is 171 Å². The zero-order valence-electron chi connectivity index (χ0n) is 16.3. The number of sulfone groups is 1. The number of ether oxygens (including phenoxy) is 1. The van der Waals surface area contributed by atoms with Crippen molar-refractivity contribution in [3.8, 4) is 5.75 Å². The first-order chi connectivity index (χ1) is 13.6. The normalized spacial score (nSPS) is 20.3. The van der Waals surface area contributed by atoms with Crippen LogP contribution in [0.2, 0.25) is 0 Å². The van der Waals surface area contributed by atoms with Crippen LogP contribution in [0.5, 0.6) is 5.75 Å².